The standard InChI is InChI=1S/C16H16N2O2/c1-10-2-4-12(20-11-3-5-13(17)18-8-11)14-15(10)19-9-16(14)6-7-16/h2-5,8H,6-7,9H2,1H3,(H2,17,18). The number of ether oxygens (including phenoxy) is 2. The molecule has 2 aromatic rings. The first-order valence-electron chi connectivity index (χ1n) is 6.84. The van der Waals surface area contributed by atoms with Gasteiger partial charge in [0.05, 0.1) is 12.8 Å². The summed E-state index contributed by atoms with van der Waals surface area (Å²) in [4.78, 5) is 4.06. The Kier molecular flexibility index (Phi) is 2.25. The Morgan fingerprint density at radius 2 is 2.10 bits per heavy atom. The number of aromatic nitrogens is 1. The molecule has 20 heavy (non-hydrogen) atoms. The number of nitrogens with zero attached hydrogens (tertiary/aromatic N) is 1. The van der Waals surface area contributed by atoms with Crippen molar-refractivity contribution in [2.24, 2.45) is 0 Å². The molecular formula is C16H16N2O2. The summed E-state index contributed by atoms with van der Waals surface area (Å²) >= 11 is 0. The van der Waals surface area contributed by atoms with Crippen LogP contribution in [0.2, 0.25) is 0 Å². The summed E-state index contributed by atoms with van der Waals surface area (Å²) < 4.78 is 11.9. The van der Waals surface area contributed by atoms with Gasteiger partial charge in [-0.2, -0.15) is 0 Å². The van der Waals surface area contributed by atoms with E-state index in [9.17, 15) is 0 Å². The second kappa shape index (κ2) is 3.88. The van der Waals surface area contributed by atoms with E-state index in [0.717, 1.165) is 18.1 Å². The lowest BCUT2D eigenvalue weighted by Crippen LogP contribution is -2.08. The van der Waals surface area contributed by atoms with Crippen LogP contribution in [-0.4, -0.2) is 11.6 Å². The summed E-state index contributed by atoms with van der Waals surface area (Å²) in [7, 11) is 0. The number of hydrogen-bond donors (Lipinski definition) is 1. The van der Waals surface area contributed by atoms with E-state index in [2.05, 4.69) is 11.9 Å². The zero-order chi connectivity index (χ0) is 13.7. The first kappa shape index (κ1) is 11.6. The molecule has 2 heterocycles. The van der Waals surface area contributed by atoms with E-state index in [1.165, 1.54) is 24.0 Å². The predicted molar refractivity (Wildman–Crippen MR) is 76.3 cm³/mol. The molecular weight excluding hydrogens is 252 g/mol. The van der Waals surface area contributed by atoms with Gasteiger partial charge in [-0.15, -0.1) is 0 Å². The number of fused-ring (bicyclic) bond motifs is 2. The molecule has 0 radical (unpaired) electrons. The van der Waals surface area contributed by atoms with Crippen molar-refractivity contribution >= 4 is 5.82 Å². The molecule has 4 rings (SSSR count). The monoisotopic (exact) mass is 268 g/mol. The summed E-state index contributed by atoms with van der Waals surface area (Å²) in [5.41, 5.74) is 8.19. The van der Waals surface area contributed by atoms with Crippen LogP contribution in [-0.2, 0) is 5.41 Å². The minimum absolute atomic E-state index is 0.192. The Balaban J connectivity index is 1.76. The number of anilines is 1. The lowest BCUT2D eigenvalue weighted by atomic mass is 9.95. The fourth-order valence-corrected chi connectivity index (χ4v) is 2.85. The zero-order valence-corrected chi connectivity index (χ0v) is 11.3. The molecule has 0 saturated heterocycles. The average Bonchev–Trinajstić information content (AvgIpc) is 3.11. The predicted octanol–water partition coefficient (Wildman–Crippen LogP) is 3.19. The topological polar surface area (TPSA) is 57.4 Å². The van der Waals surface area contributed by atoms with E-state index in [0.29, 0.717) is 11.6 Å². The molecule has 0 amide bonds. The summed E-state index contributed by atoms with van der Waals surface area (Å²) in [6.45, 7) is 2.86. The van der Waals surface area contributed by atoms with Gasteiger partial charge < -0.3 is 15.2 Å². The highest BCUT2D eigenvalue weighted by Gasteiger charge is 2.53. The van der Waals surface area contributed by atoms with E-state index >= 15 is 0 Å². The fraction of sp³-hybridized carbons (Fsp3) is 0.312. The normalized spacial score (nSPS) is 17.6. The zero-order valence-electron chi connectivity index (χ0n) is 11.3. The van der Waals surface area contributed by atoms with Crippen LogP contribution in [0.25, 0.3) is 0 Å². The molecule has 4 heteroatoms. The average molecular weight is 268 g/mol. The first-order valence-corrected chi connectivity index (χ1v) is 6.84. The van der Waals surface area contributed by atoms with Gasteiger partial charge in [0, 0.05) is 11.0 Å². The lowest BCUT2D eigenvalue weighted by molar-refractivity contribution is 0.322. The highest BCUT2D eigenvalue weighted by atomic mass is 16.5. The van der Waals surface area contributed by atoms with Gasteiger partial charge in [-0.1, -0.05) is 6.07 Å². The van der Waals surface area contributed by atoms with Crippen molar-refractivity contribution in [2.45, 2.75) is 25.2 Å². The first-order chi connectivity index (χ1) is 9.68. The fourth-order valence-electron chi connectivity index (χ4n) is 2.85. The Morgan fingerprint density at radius 1 is 1.25 bits per heavy atom. The van der Waals surface area contributed by atoms with Gasteiger partial charge in [-0.25, -0.2) is 4.98 Å². The molecule has 0 bridgehead atoms. The number of benzene rings is 1. The Labute approximate surface area is 117 Å². The number of nitrogen functional groups attached to an aromatic ring is 1. The van der Waals surface area contributed by atoms with Crippen LogP contribution >= 0.6 is 0 Å². The molecule has 1 saturated carbocycles. The smallest absolute Gasteiger partial charge is 0.145 e. The SMILES string of the molecule is Cc1ccc(Oc2ccc(N)nc2)c2c1OCC21CC1. The summed E-state index contributed by atoms with van der Waals surface area (Å²) in [6, 6.07) is 7.65. The Hall–Kier alpha value is -2.23. The third kappa shape index (κ3) is 1.64. The third-order valence-electron chi connectivity index (χ3n) is 4.18. The highest BCUT2D eigenvalue weighted by Crippen LogP contribution is 2.59. The van der Waals surface area contributed by atoms with E-state index < -0.39 is 0 Å². The third-order valence-corrected chi connectivity index (χ3v) is 4.18. The van der Waals surface area contributed by atoms with Gasteiger partial charge in [-0.3, -0.25) is 0 Å². The Morgan fingerprint density at radius 3 is 2.80 bits per heavy atom. The maximum Gasteiger partial charge on any atom is 0.145 e. The van der Waals surface area contributed by atoms with Crippen molar-refractivity contribution in [1.29, 1.82) is 0 Å². The molecule has 4 nitrogen and oxygen atoms in total. The van der Waals surface area contributed by atoms with Crippen LogP contribution in [0.1, 0.15) is 24.0 Å². The van der Waals surface area contributed by atoms with Crippen LogP contribution < -0.4 is 15.2 Å². The number of aryl methyl sites for hydroxylation is 1. The van der Waals surface area contributed by atoms with Crippen LogP contribution in [0, 0.1) is 6.92 Å². The summed E-state index contributed by atoms with van der Waals surface area (Å²) in [5, 5.41) is 0. The Bertz CT molecular complexity index is 676. The van der Waals surface area contributed by atoms with Gasteiger partial charge >= 0.3 is 0 Å². The molecule has 1 spiro atoms. The maximum atomic E-state index is 6.01. The summed E-state index contributed by atoms with van der Waals surface area (Å²) in [5.74, 6) is 3.08. The van der Waals surface area contributed by atoms with Gasteiger partial charge in [-0.05, 0) is 43.5 Å². The van der Waals surface area contributed by atoms with Crippen molar-refractivity contribution in [3.63, 3.8) is 0 Å². The van der Waals surface area contributed by atoms with Gasteiger partial charge in [0.1, 0.15) is 23.1 Å². The van der Waals surface area contributed by atoms with Crippen molar-refractivity contribution in [3.8, 4) is 17.2 Å². The van der Waals surface area contributed by atoms with Gasteiger partial charge in [0.15, 0.2) is 0 Å². The van der Waals surface area contributed by atoms with Crippen LogP contribution in [0.15, 0.2) is 30.5 Å². The van der Waals surface area contributed by atoms with Crippen molar-refractivity contribution in [1.82, 2.24) is 4.98 Å². The van der Waals surface area contributed by atoms with Gasteiger partial charge in [0.25, 0.3) is 0 Å². The number of hydrogen-bond acceptors (Lipinski definition) is 4. The van der Waals surface area contributed by atoms with Gasteiger partial charge in [0.2, 0.25) is 0 Å². The molecule has 1 aromatic heterocycles. The van der Waals surface area contributed by atoms with Crippen molar-refractivity contribution in [3.05, 3.63) is 41.6 Å². The number of pyridine rings is 1. The molecule has 102 valence electrons. The minimum Gasteiger partial charge on any atom is -0.492 e. The molecule has 1 aliphatic heterocycles. The molecule has 1 aliphatic carbocycles. The highest BCUT2D eigenvalue weighted by molar-refractivity contribution is 5.59. The van der Waals surface area contributed by atoms with E-state index in [1.54, 1.807) is 12.3 Å². The maximum absolute atomic E-state index is 6.01. The molecule has 1 fully saturated rings. The van der Waals surface area contributed by atoms with E-state index in [4.69, 9.17) is 15.2 Å². The molecule has 2 N–H and O–H groups in total. The molecule has 1 aromatic carbocycles. The molecule has 0 unspecified atom stereocenters. The van der Waals surface area contributed by atoms with Crippen molar-refractivity contribution in [2.75, 3.05) is 12.3 Å². The summed E-state index contributed by atoms with van der Waals surface area (Å²) in [6.07, 6.45) is 4.01. The second-order valence-electron chi connectivity index (χ2n) is 5.67. The van der Waals surface area contributed by atoms with E-state index in [-0.39, 0.29) is 5.41 Å². The minimum atomic E-state index is 0.192. The quantitative estimate of drug-likeness (QED) is 0.908. The van der Waals surface area contributed by atoms with Crippen LogP contribution in [0.5, 0.6) is 17.2 Å². The largest absolute Gasteiger partial charge is 0.492 e. The second-order valence-corrected chi connectivity index (χ2v) is 5.67. The number of rotatable bonds is 2. The van der Waals surface area contributed by atoms with Crippen LogP contribution in [0.3, 0.4) is 0 Å². The van der Waals surface area contributed by atoms with Crippen molar-refractivity contribution < 1.29 is 9.47 Å². The number of nitrogens with two attached hydrogens (primary N) is 1. The molecule has 0 atom stereocenters. The van der Waals surface area contributed by atoms with E-state index in [1.807, 2.05) is 18.2 Å². The lowest BCUT2D eigenvalue weighted by Gasteiger charge is -2.13. The van der Waals surface area contributed by atoms with Crippen LogP contribution in [0.4, 0.5) is 5.82 Å². The molecule has 2 aliphatic rings.